The summed E-state index contributed by atoms with van der Waals surface area (Å²) in [6, 6.07) is 0. The number of hydrogen-bond donors (Lipinski definition) is 0. The first-order valence-corrected chi connectivity index (χ1v) is 7.82. The Labute approximate surface area is 114 Å². The highest BCUT2D eigenvalue weighted by atomic mass is 14.5. The number of allylic oxidation sites excluding steroid dienone is 3. The van der Waals surface area contributed by atoms with Gasteiger partial charge in [-0.25, -0.2) is 0 Å². The topological polar surface area (TPSA) is 0 Å². The third-order valence-corrected chi connectivity index (χ3v) is 5.96. The van der Waals surface area contributed by atoms with Crippen LogP contribution in [0.3, 0.4) is 0 Å². The molecule has 0 radical (unpaired) electrons. The first-order valence-electron chi connectivity index (χ1n) is 7.82. The van der Waals surface area contributed by atoms with Gasteiger partial charge in [-0.1, -0.05) is 58.4 Å². The first kappa shape index (κ1) is 13.9. The average Bonchev–Trinajstić information content (AvgIpc) is 2.32. The van der Waals surface area contributed by atoms with Crippen LogP contribution in [-0.2, 0) is 0 Å². The van der Waals surface area contributed by atoms with Crippen LogP contribution in [0.15, 0.2) is 24.3 Å². The van der Waals surface area contributed by atoms with Gasteiger partial charge in [0.1, 0.15) is 0 Å². The maximum absolute atomic E-state index is 3.87. The Morgan fingerprint density at radius 1 is 1.28 bits per heavy atom. The van der Waals surface area contributed by atoms with E-state index in [2.05, 4.69) is 40.3 Å². The van der Waals surface area contributed by atoms with E-state index < -0.39 is 0 Å². The fourth-order valence-corrected chi connectivity index (χ4v) is 4.93. The molecule has 0 bridgehead atoms. The Kier molecular flexibility index (Phi) is 4.04. The molecule has 18 heavy (non-hydrogen) atoms. The SMILES string of the molecule is C=C/C=C1/CCC2C(CCC(C)(C)C2CC)C1C. The maximum Gasteiger partial charge on any atom is -0.0197 e. The van der Waals surface area contributed by atoms with Gasteiger partial charge in [0.25, 0.3) is 0 Å². The van der Waals surface area contributed by atoms with Gasteiger partial charge in [-0.05, 0) is 54.8 Å². The maximum atomic E-state index is 3.87. The van der Waals surface area contributed by atoms with E-state index in [1.54, 1.807) is 5.57 Å². The van der Waals surface area contributed by atoms with Gasteiger partial charge in [0.05, 0.1) is 0 Å². The molecule has 0 heteroatoms. The van der Waals surface area contributed by atoms with Crippen LogP contribution in [0.4, 0.5) is 0 Å². The lowest BCUT2D eigenvalue weighted by molar-refractivity contribution is -0.00665. The lowest BCUT2D eigenvalue weighted by Crippen LogP contribution is -2.44. The quantitative estimate of drug-likeness (QED) is 0.594. The smallest absolute Gasteiger partial charge is 0.0197 e. The molecular weight excluding hydrogens is 216 g/mol. The van der Waals surface area contributed by atoms with Crippen molar-refractivity contribution in [1.29, 1.82) is 0 Å². The summed E-state index contributed by atoms with van der Waals surface area (Å²) in [5.41, 5.74) is 2.22. The monoisotopic (exact) mass is 246 g/mol. The Morgan fingerprint density at radius 2 is 2.00 bits per heavy atom. The molecule has 2 fully saturated rings. The zero-order valence-electron chi connectivity index (χ0n) is 12.7. The Morgan fingerprint density at radius 3 is 2.61 bits per heavy atom. The van der Waals surface area contributed by atoms with Gasteiger partial charge >= 0.3 is 0 Å². The minimum atomic E-state index is 0.565. The predicted molar refractivity (Wildman–Crippen MR) is 80.5 cm³/mol. The summed E-state index contributed by atoms with van der Waals surface area (Å²) in [7, 11) is 0. The lowest BCUT2D eigenvalue weighted by Gasteiger charge is -2.52. The van der Waals surface area contributed by atoms with Gasteiger partial charge in [0.2, 0.25) is 0 Å². The summed E-state index contributed by atoms with van der Waals surface area (Å²) in [5, 5.41) is 0. The lowest BCUT2D eigenvalue weighted by atomic mass is 9.53. The minimum absolute atomic E-state index is 0.565. The molecule has 0 heterocycles. The van der Waals surface area contributed by atoms with Crippen molar-refractivity contribution in [2.24, 2.45) is 29.1 Å². The number of hydrogen-bond acceptors (Lipinski definition) is 0. The largest absolute Gasteiger partial charge is 0.0991 e. The van der Waals surface area contributed by atoms with E-state index in [0.29, 0.717) is 5.41 Å². The molecule has 102 valence electrons. The molecule has 0 aromatic rings. The van der Waals surface area contributed by atoms with Crippen LogP contribution in [0.25, 0.3) is 0 Å². The molecule has 0 nitrogen and oxygen atoms in total. The van der Waals surface area contributed by atoms with Crippen LogP contribution in [0, 0.1) is 29.1 Å². The Hall–Kier alpha value is -0.520. The van der Waals surface area contributed by atoms with Gasteiger partial charge in [-0.2, -0.15) is 0 Å². The molecule has 2 rings (SSSR count). The fourth-order valence-electron chi connectivity index (χ4n) is 4.93. The van der Waals surface area contributed by atoms with Crippen molar-refractivity contribution in [3.63, 3.8) is 0 Å². The summed E-state index contributed by atoms with van der Waals surface area (Å²) in [6.07, 6.45) is 11.2. The normalized spacial score (nSPS) is 41.4. The molecule has 4 atom stereocenters. The van der Waals surface area contributed by atoms with Crippen molar-refractivity contribution in [2.75, 3.05) is 0 Å². The van der Waals surface area contributed by atoms with Crippen LogP contribution >= 0.6 is 0 Å². The summed E-state index contributed by atoms with van der Waals surface area (Å²) in [6.45, 7) is 13.7. The third kappa shape index (κ3) is 2.31. The van der Waals surface area contributed by atoms with Gasteiger partial charge in [0.15, 0.2) is 0 Å². The van der Waals surface area contributed by atoms with Crippen LogP contribution in [0.2, 0.25) is 0 Å². The van der Waals surface area contributed by atoms with Crippen molar-refractivity contribution in [3.05, 3.63) is 24.3 Å². The highest BCUT2D eigenvalue weighted by Crippen LogP contribution is 2.55. The van der Waals surface area contributed by atoms with Crippen LogP contribution in [0.5, 0.6) is 0 Å². The second-order valence-electron chi connectivity index (χ2n) is 7.17. The summed E-state index contributed by atoms with van der Waals surface area (Å²) < 4.78 is 0. The fraction of sp³-hybridized carbons (Fsp3) is 0.778. The van der Waals surface area contributed by atoms with Gasteiger partial charge in [-0.15, -0.1) is 0 Å². The van der Waals surface area contributed by atoms with Crippen molar-refractivity contribution in [2.45, 2.75) is 59.8 Å². The molecule has 0 aromatic heterocycles. The Balaban J connectivity index is 2.21. The molecular formula is C18H30. The van der Waals surface area contributed by atoms with Crippen LogP contribution in [-0.4, -0.2) is 0 Å². The van der Waals surface area contributed by atoms with E-state index in [9.17, 15) is 0 Å². The van der Waals surface area contributed by atoms with E-state index in [-0.39, 0.29) is 0 Å². The van der Waals surface area contributed by atoms with Crippen LogP contribution < -0.4 is 0 Å². The average molecular weight is 246 g/mol. The molecule has 0 spiro atoms. The zero-order valence-corrected chi connectivity index (χ0v) is 12.7. The highest BCUT2D eigenvalue weighted by molar-refractivity contribution is 5.18. The number of rotatable bonds is 2. The van der Waals surface area contributed by atoms with Gasteiger partial charge in [-0.3, -0.25) is 0 Å². The summed E-state index contributed by atoms with van der Waals surface area (Å²) >= 11 is 0. The molecule has 0 amide bonds. The molecule has 2 aliphatic rings. The number of fused-ring (bicyclic) bond motifs is 1. The second-order valence-corrected chi connectivity index (χ2v) is 7.17. The molecule has 0 N–H and O–H groups in total. The van der Waals surface area contributed by atoms with E-state index in [1.807, 2.05) is 6.08 Å². The van der Waals surface area contributed by atoms with E-state index in [0.717, 1.165) is 23.7 Å². The highest BCUT2D eigenvalue weighted by Gasteiger charge is 2.46. The minimum Gasteiger partial charge on any atom is -0.0991 e. The standard InChI is InChI=1S/C18H30/c1-6-8-14-9-10-16-15(13(14)3)11-12-18(4,5)17(16)7-2/h6,8,13,15-17H,1,7,9-12H2,2-5H3/b14-8-. The zero-order chi connectivity index (χ0) is 13.3. The molecule has 2 aliphatic carbocycles. The van der Waals surface area contributed by atoms with E-state index >= 15 is 0 Å². The predicted octanol–water partition coefficient (Wildman–Crippen LogP) is 5.61. The Bertz CT molecular complexity index is 334. The summed E-state index contributed by atoms with van der Waals surface area (Å²) in [5.74, 6) is 3.62. The molecule has 0 saturated heterocycles. The molecule has 4 unspecified atom stereocenters. The van der Waals surface area contributed by atoms with Gasteiger partial charge in [0, 0.05) is 0 Å². The van der Waals surface area contributed by atoms with Gasteiger partial charge < -0.3 is 0 Å². The van der Waals surface area contributed by atoms with Crippen molar-refractivity contribution < 1.29 is 0 Å². The van der Waals surface area contributed by atoms with Crippen molar-refractivity contribution in [3.8, 4) is 0 Å². The second kappa shape index (κ2) is 5.23. The van der Waals surface area contributed by atoms with Crippen molar-refractivity contribution in [1.82, 2.24) is 0 Å². The van der Waals surface area contributed by atoms with E-state index in [1.165, 1.54) is 32.1 Å². The first-order chi connectivity index (χ1) is 8.51. The van der Waals surface area contributed by atoms with E-state index in [4.69, 9.17) is 0 Å². The molecule has 2 saturated carbocycles. The molecule has 0 aromatic carbocycles. The summed E-state index contributed by atoms with van der Waals surface area (Å²) in [4.78, 5) is 0. The van der Waals surface area contributed by atoms with Crippen molar-refractivity contribution >= 4 is 0 Å². The third-order valence-electron chi connectivity index (χ3n) is 5.96. The van der Waals surface area contributed by atoms with Crippen LogP contribution in [0.1, 0.15) is 59.8 Å². The molecule has 0 aliphatic heterocycles.